The zero-order valence-corrected chi connectivity index (χ0v) is 18.9. The molecule has 7 nitrogen and oxygen atoms in total. The Morgan fingerprint density at radius 1 is 0.938 bits per heavy atom. The Morgan fingerprint density at radius 2 is 1.59 bits per heavy atom. The van der Waals surface area contributed by atoms with Gasteiger partial charge in [0, 0.05) is 17.6 Å². The van der Waals surface area contributed by atoms with Gasteiger partial charge >= 0.3 is 5.97 Å². The molecule has 0 radical (unpaired) electrons. The van der Waals surface area contributed by atoms with Gasteiger partial charge < -0.3 is 9.47 Å². The number of nitrogens with zero attached hydrogens (tertiary/aromatic N) is 1. The van der Waals surface area contributed by atoms with Crippen LogP contribution >= 0.6 is 11.6 Å². The largest absolute Gasteiger partial charge is 0.497 e. The first-order valence-electron chi connectivity index (χ1n) is 9.41. The van der Waals surface area contributed by atoms with Crippen LogP contribution in [0.4, 0.5) is 5.69 Å². The number of esters is 1. The molecule has 0 saturated carbocycles. The number of carbonyl (C=O) groups is 2. The second-order valence-corrected chi connectivity index (χ2v) is 9.11. The fourth-order valence-corrected chi connectivity index (χ4v) is 4.26. The number of anilines is 1. The van der Waals surface area contributed by atoms with E-state index in [-0.39, 0.29) is 10.5 Å². The summed E-state index contributed by atoms with van der Waals surface area (Å²) in [6.45, 7) is -0.498. The van der Waals surface area contributed by atoms with E-state index in [1.165, 1.54) is 44.5 Å². The van der Waals surface area contributed by atoms with Crippen molar-refractivity contribution in [3.05, 3.63) is 88.9 Å². The zero-order valence-electron chi connectivity index (χ0n) is 17.3. The van der Waals surface area contributed by atoms with Crippen LogP contribution in [-0.4, -0.2) is 40.9 Å². The van der Waals surface area contributed by atoms with Crippen molar-refractivity contribution < 1.29 is 27.5 Å². The van der Waals surface area contributed by atoms with Crippen LogP contribution in [0.2, 0.25) is 5.02 Å². The van der Waals surface area contributed by atoms with Crippen LogP contribution in [0.15, 0.2) is 77.7 Å². The standard InChI is InChI=1S/C23H20ClNO6S/c1-25(19-9-11-20(30-2)12-10-19)32(28,29)21-8-4-6-17(14-21)23(27)31-15-22(26)16-5-3-7-18(24)13-16/h3-14H,15H2,1-2H3. The molecule has 0 fully saturated rings. The van der Waals surface area contributed by atoms with Gasteiger partial charge in [-0.05, 0) is 54.6 Å². The summed E-state index contributed by atoms with van der Waals surface area (Å²) in [5, 5.41) is 0.390. The first kappa shape index (κ1) is 23.3. The number of ketones is 1. The molecule has 166 valence electrons. The molecule has 3 aromatic rings. The number of carbonyl (C=O) groups excluding carboxylic acids is 2. The molecule has 0 aliphatic rings. The zero-order chi connectivity index (χ0) is 23.3. The molecule has 0 saturated heterocycles. The highest BCUT2D eigenvalue weighted by Gasteiger charge is 2.23. The lowest BCUT2D eigenvalue weighted by atomic mass is 10.1. The monoisotopic (exact) mass is 473 g/mol. The van der Waals surface area contributed by atoms with E-state index in [2.05, 4.69) is 0 Å². The smallest absolute Gasteiger partial charge is 0.338 e. The van der Waals surface area contributed by atoms with Gasteiger partial charge in [0.25, 0.3) is 10.0 Å². The molecule has 0 aromatic heterocycles. The van der Waals surface area contributed by atoms with Crippen molar-refractivity contribution in [3.63, 3.8) is 0 Å². The minimum Gasteiger partial charge on any atom is -0.497 e. The quantitative estimate of drug-likeness (QED) is 0.359. The average Bonchev–Trinajstić information content (AvgIpc) is 2.82. The van der Waals surface area contributed by atoms with E-state index in [4.69, 9.17) is 21.1 Å². The van der Waals surface area contributed by atoms with Crippen LogP contribution in [-0.2, 0) is 14.8 Å². The summed E-state index contributed by atoms with van der Waals surface area (Å²) >= 11 is 5.87. The molecular formula is C23H20ClNO6S. The number of sulfonamides is 1. The van der Waals surface area contributed by atoms with Crippen LogP contribution in [0.3, 0.4) is 0 Å². The summed E-state index contributed by atoms with van der Waals surface area (Å²) in [7, 11) is -1.02. The number of hydrogen-bond donors (Lipinski definition) is 0. The topological polar surface area (TPSA) is 90.0 Å². The SMILES string of the molecule is COc1ccc(N(C)S(=O)(=O)c2cccc(C(=O)OCC(=O)c3cccc(Cl)c3)c2)cc1. The Morgan fingerprint density at radius 3 is 2.25 bits per heavy atom. The van der Waals surface area contributed by atoms with Gasteiger partial charge in [-0.25, -0.2) is 13.2 Å². The minimum atomic E-state index is -3.94. The lowest BCUT2D eigenvalue weighted by molar-refractivity contribution is 0.0474. The summed E-state index contributed by atoms with van der Waals surface area (Å²) in [4.78, 5) is 24.5. The average molecular weight is 474 g/mol. The Bertz CT molecular complexity index is 1240. The number of ether oxygens (including phenoxy) is 2. The van der Waals surface area contributed by atoms with Gasteiger partial charge in [-0.15, -0.1) is 0 Å². The highest BCUT2D eigenvalue weighted by atomic mass is 35.5. The lowest BCUT2D eigenvalue weighted by Crippen LogP contribution is -2.26. The Hall–Kier alpha value is -3.36. The summed E-state index contributed by atoms with van der Waals surface area (Å²) in [6.07, 6.45) is 0. The van der Waals surface area contributed by atoms with Crippen LogP contribution in [0.5, 0.6) is 5.75 Å². The van der Waals surface area contributed by atoms with E-state index in [1.54, 1.807) is 42.5 Å². The van der Waals surface area contributed by atoms with E-state index in [0.717, 1.165) is 4.31 Å². The van der Waals surface area contributed by atoms with Gasteiger partial charge in [-0.2, -0.15) is 0 Å². The molecule has 0 aliphatic heterocycles. The number of halogens is 1. The van der Waals surface area contributed by atoms with Crippen LogP contribution in [0.25, 0.3) is 0 Å². The van der Waals surface area contributed by atoms with E-state index in [9.17, 15) is 18.0 Å². The summed E-state index contributed by atoms with van der Waals surface area (Å²) < 4.78 is 37.3. The van der Waals surface area contributed by atoms with Gasteiger partial charge in [-0.1, -0.05) is 29.8 Å². The van der Waals surface area contributed by atoms with Crippen molar-refractivity contribution in [2.75, 3.05) is 25.1 Å². The second kappa shape index (κ2) is 9.84. The Labute approximate surface area is 191 Å². The van der Waals surface area contributed by atoms with Crippen molar-refractivity contribution in [1.82, 2.24) is 0 Å². The first-order chi connectivity index (χ1) is 15.2. The minimum absolute atomic E-state index is 0.00750. The van der Waals surface area contributed by atoms with Gasteiger partial charge in [0.15, 0.2) is 12.4 Å². The number of methoxy groups -OCH3 is 1. The number of Topliss-reactive ketones (excluding diaryl/α,β-unsaturated/α-hetero) is 1. The summed E-state index contributed by atoms with van der Waals surface area (Å²) in [6, 6.07) is 18.2. The molecule has 0 N–H and O–H groups in total. The highest BCUT2D eigenvalue weighted by molar-refractivity contribution is 7.92. The molecule has 32 heavy (non-hydrogen) atoms. The van der Waals surface area contributed by atoms with E-state index in [0.29, 0.717) is 22.0 Å². The van der Waals surface area contributed by atoms with Crippen LogP contribution in [0, 0.1) is 0 Å². The lowest BCUT2D eigenvalue weighted by Gasteiger charge is -2.20. The molecule has 0 atom stereocenters. The Balaban J connectivity index is 1.74. The summed E-state index contributed by atoms with van der Waals surface area (Å²) in [5.74, 6) is -0.648. The van der Waals surface area contributed by atoms with Crippen molar-refractivity contribution in [2.45, 2.75) is 4.90 Å². The molecule has 0 unspecified atom stereocenters. The third kappa shape index (κ3) is 5.27. The van der Waals surface area contributed by atoms with Gasteiger partial charge in [0.1, 0.15) is 5.75 Å². The maximum atomic E-state index is 13.0. The van der Waals surface area contributed by atoms with Gasteiger partial charge in [0.05, 0.1) is 23.3 Å². The van der Waals surface area contributed by atoms with Crippen LogP contribution < -0.4 is 9.04 Å². The molecule has 0 amide bonds. The molecule has 0 spiro atoms. The van der Waals surface area contributed by atoms with E-state index in [1.807, 2.05) is 0 Å². The molecule has 0 aliphatic carbocycles. The third-order valence-electron chi connectivity index (χ3n) is 4.65. The van der Waals surface area contributed by atoms with Crippen molar-refractivity contribution >= 4 is 39.1 Å². The maximum Gasteiger partial charge on any atom is 0.338 e. The van der Waals surface area contributed by atoms with Crippen LogP contribution in [0.1, 0.15) is 20.7 Å². The molecule has 3 aromatic carbocycles. The van der Waals surface area contributed by atoms with Crippen molar-refractivity contribution in [3.8, 4) is 5.75 Å². The third-order valence-corrected chi connectivity index (χ3v) is 6.66. The number of hydrogen-bond acceptors (Lipinski definition) is 6. The highest BCUT2D eigenvalue weighted by Crippen LogP contribution is 2.25. The van der Waals surface area contributed by atoms with Gasteiger partial charge in [-0.3, -0.25) is 9.10 Å². The van der Waals surface area contributed by atoms with Crippen molar-refractivity contribution in [2.24, 2.45) is 0 Å². The summed E-state index contributed by atoms with van der Waals surface area (Å²) in [5.41, 5.74) is 0.738. The molecular weight excluding hydrogens is 454 g/mol. The molecule has 0 bridgehead atoms. The fraction of sp³-hybridized carbons (Fsp3) is 0.130. The van der Waals surface area contributed by atoms with E-state index < -0.39 is 28.4 Å². The van der Waals surface area contributed by atoms with E-state index >= 15 is 0 Å². The molecule has 9 heteroatoms. The fourth-order valence-electron chi connectivity index (χ4n) is 2.83. The molecule has 3 rings (SSSR count). The maximum absolute atomic E-state index is 13.0. The van der Waals surface area contributed by atoms with Gasteiger partial charge in [0.2, 0.25) is 0 Å². The number of benzene rings is 3. The predicted molar refractivity (Wildman–Crippen MR) is 121 cm³/mol. The number of rotatable bonds is 8. The predicted octanol–water partition coefficient (Wildman–Crippen LogP) is 4.21. The normalized spacial score (nSPS) is 11.0. The second-order valence-electron chi connectivity index (χ2n) is 6.71. The first-order valence-corrected chi connectivity index (χ1v) is 11.2. The van der Waals surface area contributed by atoms with Crippen molar-refractivity contribution in [1.29, 1.82) is 0 Å². The Kier molecular flexibility index (Phi) is 7.17. The molecule has 0 heterocycles.